The largest absolute Gasteiger partial charge is 0.457 e. The smallest absolute Gasteiger partial charge is 0.308 e. The van der Waals surface area contributed by atoms with E-state index in [0.717, 1.165) is 10.9 Å². The highest BCUT2D eigenvalue weighted by Crippen LogP contribution is 2.32. The summed E-state index contributed by atoms with van der Waals surface area (Å²) in [6.07, 6.45) is 0. The van der Waals surface area contributed by atoms with Gasteiger partial charge in [-0.1, -0.05) is 12.1 Å². The molecule has 0 spiro atoms. The number of hydrogen-bond acceptors (Lipinski definition) is 4. The zero-order valence-corrected chi connectivity index (χ0v) is 11.1. The van der Waals surface area contributed by atoms with Crippen molar-refractivity contribution in [1.82, 2.24) is 5.32 Å². The number of carbonyl (C=O) groups excluding carboxylic acids is 2. The van der Waals surface area contributed by atoms with Crippen LogP contribution in [-0.4, -0.2) is 11.9 Å². The molecule has 1 N–H and O–H groups in total. The third-order valence-electron chi connectivity index (χ3n) is 2.75. The van der Waals surface area contributed by atoms with Crippen LogP contribution in [0.3, 0.4) is 0 Å². The number of esters is 1. The molecule has 5 heteroatoms. The van der Waals surface area contributed by atoms with Crippen LogP contribution in [-0.2, 0) is 16.1 Å². The van der Waals surface area contributed by atoms with Gasteiger partial charge in [0.15, 0.2) is 11.3 Å². The lowest BCUT2D eigenvalue weighted by Gasteiger charge is -2.02. The van der Waals surface area contributed by atoms with Gasteiger partial charge in [0, 0.05) is 31.3 Å². The number of nitrogens with one attached hydrogen (secondary N) is 1. The molecule has 1 amide bonds. The Hall–Kier alpha value is -2.30. The molecule has 0 radical (unpaired) electrons. The fourth-order valence-corrected chi connectivity index (χ4v) is 1.93. The molecule has 1 aromatic heterocycles. The molecule has 1 aromatic carbocycles. The maximum Gasteiger partial charge on any atom is 0.308 e. The highest BCUT2D eigenvalue weighted by atomic mass is 16.5. The summed E-state index contributed by atoms with van der Waals surface area (Å²) in [5.74, 6) is 0.584. The van der Waals surface area contributed by atoms with Crippen molar-refractivity contribution >= 4 is 22.8 Å². The highest BCUT2D eigenvalue weighted by molar-refractivity contribution is 5.89. The SMILES string of the molecule is CC(=O)NCc1c(C)oc2c(OC(C)=O)cccc12. The van der Waals surface area contributed by atoms with Crippen LogP contribution in [0.2, 0.25) is 0 Å². The number of amides is 1. The van der Waals surface area contributed by atoms with Crippen LogP contribution < -0.4 is 10.1 Å². The summed E-state index contributed by atoms with van der Waals surface area (Å²) >= 11 is 0. The van der Waals surface area contributed by atoms with E-state index in [9.17, 15) is 9.59 Å². The molecule has 0 aliphatic heterocycles. The van der Waals surface area contributed by atoms with Gasteiger partial charge in [0.2, 0.25) is 5.91 Å². The van der Waals surface area contributed by atoms with Crippen LogP contribution in [0.25, 0.3) is 11.0 Å². The first-order chi connectivity index (χ1) is 8.99. The van der Waals surface area contributed by atoms with Crippen molar-refractivity contribution in [2.45, 2.75) is 27.3 Å². The number of fused-ring (bicyclic) bond motifs is 1. The van der Waals surface area contributed by atoms with Crippen molar-refractivity contribution in [2.75, 3.05) is 0 Å². The number of ether oxygens (including phenoxy) is 1. The second-order valence-corrected chi connectivity index (χ2v) is 4.27. The highest BCUT2D eigenvalue weighted by Gasteiger charge is 2.15. The molecule has 0 fully saturated rings. The average Bonchev–Trinajstić information content (AvgIpc) is 2.63. The van der Waals surface area contributed by atoms with Gasteiger partial charge in [0.05, 0.1) is 0 Å². The summed E-state index contributed by atoms with van der Waals surface area (Å²) in [6, 6.07) is 5.33. The fourth-order valence-electron chi connectivity index (χ4n) is 1.93. The molecule has 0 saturated carbocycles. The van der Waals surface area contributed by atoms with Crippen LogP contribution >= 0.6 is 0 Å². The van der Waals surface area contributed by atoms with Gasteiger partial charge in [-0.05, 0) is 13.0 Å². The maximum absolute atomic E-state index is 11.0. The first-order valence-electron chi connectivity index (χ1n) is 5.93. The molecule has 100 valence electrons. The van der Waals surface area contributed by atoms with Crippen LogP contribution in [0.5, 0.6) is 5.75 Å². The van der Waals surface area contributed by atoms with Crippen molar-refractivity contribution in [1.29, 1.82) is 0 Å². The summed E-state index contributed by atoms with van der Waals surface area (Å²) in [7, 11) is 0. The van der Waals surface area contributed by atoms with E-state index in [-0.39, 0.29) is 5.91 Å². The normalized spacial score (nSPS) is 10.5. The van der Waals surface area contributed by atoms with E-state index in [1.807, 2.05) is 13.0 Å². The number of rotatable bonds is 3. The summed E-state index contributed by atoms with van der Waals surface area (Å²) in [5.41, 5.74) is 1.41. The molecule has 5 nitrogen and oxygen atoms in total. The first-order valence-corrected chi connectivity index (χ1v) is 5.93. The number of carbonyl (C=O) groups is 2. The Kier molecular flexibility index (Phi) is 3.55. The Bertz CT molecular complexity index is 642. The lowest BCUT2D eigenvalue weighted by Crippen LogP contribution is -2.19. The lowest BCUT2D eigenvalue weighted by atomic mass is 10.1. The van der Waals surface area contributed by atoms with Crippen molar-refractivity contribution < 1.29 is 18.7 Å². The van der Waals surface area contributed by atoms with Crippen LogP contribution in [0.4, 0.5) is 0 Å². The van der Waals surface area contributed by atoms with Gasteiger partial charge in [-0.3, -0.25) is 9.59 Å². The van der Waals surface area contributed by atoms with Gasteiger partial charge in [-0.15, -0.1) is 0 Å². The molecular weight excluding hydrogens is 246 g/mol. The lowest BCUT2D eigenvalue weighted by molar-refractivity contribution is -0.131. The minimum atomic E-state index is -0.398. The third kappa shape index (κ3) is 2.76. The fraction of sp³-hybridized carbons (Fsp3) is 0.286. The first kappa shape index (κ1) is 13.1. The summed E-state index contributed by atoms with van der Waals surface area (Å²) in [6.45, 7) is 5.00. The summed E-state index contributed by atoms with van der Waals surface area (Å²) in [4.78, 5) is 22.0. The standard InChI is InChI=1S/C14H15NO4/c1-8-12(7-15-9(2)16)11-5-4-6-13(14(11)18-8)19-10(3)17/h4-6H,7H2,1-3H3,(H,15,16). The molecule has 0 atom stereocenters. The molecule has 0 aliphatic rings. The Morgan fingerprint density at radius 2 is 2.05 bits per heavy atom. The van der Waals surface area contributed by atoms with Crippen LogP contribution in [0.1, 0.15) is 25.2 Å². The summed E-state index contributed by atoms with van der Waals surface area (Å²) in [5, 5.41) is 3.57. The molecule has 2 aromatic rings. The van der Waals surface area contributed by atoms with E-state index in [0.29, 0.717) is 23.6 Å². The molecule has 1 heterocycles. The zero-order chi connectivity index (χ0) is 14.0. The van der Waals surface area contributed by atoms with Crippen molar-refractivity contribution in [3.8, 4) is 5.75 Å². The molecule has 0 unspecified atom stereocenters. The molecule has 2 rings (SSSR count). The average molecular weight is 261 g/mol. The predicted octanol–water partition coefficient (Wildman–Crippen LogP) is 2.30. The molecule has 0 bridgehead atoms. The van der Waals surface area contributed by atoms with Crippen LogP contribution in [0.15, 0.2) is 22.6 Å². The number of para-hydroxylation sites is 1. The topological polar surface area (TPSA) is 68.5 Å². The monoisotopic (exact) mass is 261 g/mol. The van der Waals surface area contributed by atoms with E-state index in [1.54, 1.807) is 12.1 Å². The van der Waals surface area contributed by atoms with E-state index >= 15 is 0 Å². The Balaban J connectivity index is 2.46. The van der Waals surface area contributed by atoms with Gasteiger partial charge >= 0.3 is 5.97 Å². The second kappa shape index (κ2) is 5.14. The van der Waals surface area contributed by atoms with Gasteiger partial charge in [-0.2, -0.15) is 0 Å². The molecule has 0 saturated heterocycles. The Morgan fingerprint density at radius 1 is 1.32 bits per heavy atom. The molecular formula is C14H15NO4. The van der Waals surface area contributed by atoms with E-state index in [2.05, 4.69) is 5.32 Å². The number of hydrogen-bond donors (Lipinski definition) is 1. The van der Waals surface area contributed by atoms with Crippen LogP contribution in [0, 0.1) is 6.92 Å². The Labute approximate surface area is 110 Å². The number of benzene rings is 1. The molecule has 0 aliphatic carbocycles. The van der Waals surface area contributed by atoms with Gasteiger partial charge in [-0.25, -0.2) is 0 Å². The number of aryl methyl sites for hydroxylation is 1. The minimum Gasteiger partial charge on any atom is -0.457 e. The Morgan fingerprint density at radius 3 is 2.68 bits per heavy atom. The quantitative estimate of drug-likeness (QED) is 0.680. The van der Waals surface area contributed by atoms with Gasteiger partial charge < -0.3 is 14.5 Å². The van der Waals surface area contributed by atoms with Gasteiger partial charge in [0.1, 0.15) is 5.76 Å². The van der Waals surface area contributed by atoms with E-state index in [4.69, 9.17) is 9.15 Å². The predicted molar refractivity (Wildman–Crippen MR) is 69.8 cm³/mol. The van der Waals surface area contributed by atoms with Gasteiger partial charge in [0.25, 0.3) is 0 Å². The van der Waals surface area contributed by atoms with E-state index < -0.39 is 5.97 Å². The van der Waals surface area contributed by atoms with Crippen molar-refractivity contribution in [3.63, 3.8) is 0 Å². The third-order valence-corrected chi connectivity index (χ3v) is 2.75. The van der Waals surface area contributed by atoms with Crippen molar-refractivity contribution in [3.05, 3.63) is 29.5 Å². The number of furan rings is 1. The zero-order valence-electron chi connectivity index (χ0n) is 11.1. The minimum absolute atomic E-state index is 0.107. The second-order valence-electron chi connectivity index (χ2n) is 4.27. The summed E-state index contributed by atoms with van der Waals surface area (Å²) < 4.78 is 10.7. The van der Waals surface area contributed by atoms with E-state index in [1.165, 1.54) is 13.8 Å². The van der Waals surface area contributed by atoms with Crippen molar-refractivity contribution in [2.24, 2.45) is 0 Å². The maximum atomic E-state index is 11.0. The molecule has 19 heavy (non-hydrogen) atoms.